The minimum atomic E-state index is 0.583. The zero-order valence-corrected chi connectivity index (χ0v) is 10.1. The lowest BCUT2D eigenvalue weighted by molar-refractivity contribution is 0.423. The summed E-state index contributed by atoms with van der Waals surface area (Å²) in [6.45, 7) is 15.4. The highest BCUT2D eigenvalue weighted by Gasteiger charge is 2.13. The normalized spacial score (nSPS) is 16.8. The summed E-state index contributed by atoms with van der Waals surface area (Å²) in [5, 5.41) is 0. The molecule has 1 heteroatoms. The first kappa shape index (κ1) is 17.9. The number of hydrogen-bond donors (Lipinski definition) is 0. The van der Waals surface area contributed by atoms with Crippen LogP contribution in [-0.2, 0) is 4.74 Å². The molecule has 1 aliphatic rings. The highest BCUT2D eigenvalue weighted by molar-refractivity contribution is 4.58. The van der Waals surface area contributed by atoms with Gasteiger partial charge < -0.3 is 4.74 Å². The van der Waals surface area contributed by atoms with E-state index in [1.165, 1.54) is 12.8 Å². The SMILES string of the molecule is CC.CC.CC1CO1.CCCC. The van der Waals surface area contributed by atoms with Gasteiger partial charge in [-0.15, -0.1) is 0 Å². The lowest BCUT2D eigenvalue weighted by Gasteiger charge is -1.68. The molecule has 1 saturated heterocycles. The predicted octanol–water partition coefficient (Wildman–Crippen LogP) is 4.26. The molecule has 12 heavy (non-hydrogen) atoms. The lowest BCUT2D eigenvalue weighted by Crippen LogP contribution is -1.60. The molecule has 0 saturated carbocycles. The Morgan fingerprint density at radius 3 is 1.17 bits per heavy atom. The molecule has 0 N–H and O–H groups in total. The van der Waals surface area contributed by atoms with Crippen molar-refractivity contribution in [3.05, 3.63) is 0 Å². The molecule has 0 aliphatic carbocycles. The van der Waals surface area contributed by atoms with Crippen LogP contribution < -0.4 is 0 Å². The summed E-state index contributed by atoms with van der Waals surface area (Å²) < 4.78 is 4.71. The monoisotopic (exact) mass is 176 g/mol. The van der Waals surface area contributed by atoms with Crippen LogP contribution in [-0.4, -0.2) is 12.7 Å². The summed E-state index contributed by atoms with van der Waals surface area (Å²) in [5.41, 5.74) is 0. The van der Waals surface area contributed by atoms with Crippen molar-refractivity contribution in [2.45, 2.75) is 67.4 Å². The third-order valence-corrected chi connectivity index (χ3v) is 1.000. The molecular formula is C11H28O. The van der Waals surface area contributed by atoms with E-state index in [4.69, 9.17) is 4.74 Å². The van der Waals surface area contributed by atoms with Gasteiger partial charge in [-0.25, -0.2) is 0 Å². The molecule has 0 aromatic rings. The van der Waals surface area contributed by atoms with Crippen molar-refractivity contribution >= 4 is 0 Å². The van der Waals surface area contributed by atoms with Crippen LogP contribution in [0.5, 0.6) is 0 Å². The Morgan fingerprint density at radius 2 is 1.17 bits per heavy atom. The second-order valence-electron chi connectivity index (χ2n) is 2.14. The molecule has 1 unspecified atom stereocenters. The summed E-state index contributed by atoms with van der Waals surface area (Å²) in [5.74, 6) is 0. The number of hydrogen-bond acceptors (Lipinski definition) is 1. The maximum atomic E-state index is 4.71. The highest BCUT2D eigenvalue weighted by Crippen LogP contribution is 2.04. The van der Waals surface area contributed by atoms with E-state index in [9.17, 15) is 0 Å². The largest absolute Gasteiger partial charge is 0.373 e. The smallest absolute Gasteiger partial charge is 0.0781 e. The van der Waals surface area contributed by atoms with Crippen molar-refractivity contribution in [3.8, 4) is 0 Å². The first-order valence-corrected chi connectivity index (χ1v) is 5.42. The Hall–Kier alpha value is -0.0400. The van der Waals surface area contributed by atoms with Gasteiger partial charge in [0.05, 0.1) is 12.7 Å². The Morgan fingerprint density at radius 1 is 1.00 bits per heavy atom. The first-order chi connectivity index (χ1) is 5.81. The van der Waals surface area contributed by atoms with E-state index in [2.05, 4.69) is 20.8 Å². The minimum absolute atomic E-state index is 0.583. The van der Waals surface area contributed by atoms with Crippen LogP contribution in [0.15, 0.2) is 0 Å². The number of rotatable bonds is 1. The van der Waals surface area contributed by atoms with Crippen LogP contribution in [0, 0.1) is 0 Å². The van der Waals surface area contributed by atoms with Crippen molar-refractivity contribution in [2.24, 2.45) is 0 Å². The summed E-state index contributed by atoms with van der Waals surface area (Å²) in [7, 11) is 0. The summed E-state index contributed by atoms with van der Waals surface area (Å²) in [6.07, 6.45) is 3.22. The van der Waals surface area contributed by atoms with Gasteiger partial charge in [0, 0.05) is 0 Å². The molecule has 1 heterocycles. The fraction of sp³-hybridized carbons (Fsp3) is 1.00. The predicted molar refractivity (Wildman–Crippen MR) is 58.7 cm³/mol. The topological polar surface area (TPSA) is 12.5 Å². The second-order valence-corrected chi connectivity index (χ2v) is 2.14. The molecule has 1 rings (SSSR count). The van der Waals surface area contributed by atoms with E-state index < -0.39 is 0 Å². The van der Waals surface area contributed by atoms with Crippen LogP contribution in [0.4, 0.5) is 0 Å². The van der Waals surface area contributed by atoms with Gasteiger partial charge in [-0.1, -0.05) is 54.4 Å². The van der Waals surface area contributed by atoms with E-state index in [0.29, 0.717) is 6.10 Å². The van der Waals surface area contributed by atoms with Crippen LogP contribution in [0.25, 0.3) is 0 Å². The second kappa shape index (κ2) is 22.4. The maximum absolute atomic E-state index is 4.71. The van der Waals surface area contributed by atoms with E-state index >= 15 is 0 Å². The number of ether oxygens (including phenoxy) is 1. The third kappa shape index (κ3) is 51.0. The Labute approximate surface area is 79.5 Å². The standard InChI is InChI=1S/C4H10.C3H6O.2C2H6/c1-3-4-2;1-3-2-4-3;2*1-2/h3-4H2,1-2H3;3H,2H2,1H3;2*1-2H3. The van der Waals surface area contributed by atoms with E-state index in [1.54, 1.807) is 0 Å². The van der Waals surface area contributed by atoms with Gasteiger partial charge in [0.2, 0.25) is 0 Å². The van der Waals surface area contributed by atoms with Crippen molar-refractivity contribution in [1.82, 2.24) is 0 Å². The van der Waals surface area contributed by atoms with Crippen LogP contribution in [0.2, 0.25) is 0 Å². The summed E-state index contributed by atoms with van der Waals surface area (Å²) in [4.78, 5) is 0. The van der Waals surface area contributed by atoms with Crippen molar-refractivity contribution < 1.29 is 4.74 Å². The minimum Gasteiger partial charge on any atom is -0.373 e. The van der Waals surface area contributed by atoms with E-state index in [0.717, 1.165) is 6.61 Å². The maximum Gasteiger partial charge on any atom is 0.0781 e. The van der Waals surface area contributed by atoms with Crippen LogP contribution >= 0.6 is 0 Å². The summed E-state index contributed by atoms with van der Waals surface area (Å²) >= 11 is 0. The molecule has 1 aliphatic heterocycles. The fourth-order valence-corrected chi connectivity index (χ4v) is 0.0962. The third-order valence-electron chi connectivity index (χ3n) is 1.000. The van der Waals surface area contributed by atoms with Gasteiger partial charge in [0.15, 0.2) is 0 Å². The number of epoxide rings is 1. The van der Waals surface area contributed by atoms with Gasteiger partial charge in [0.25, 0.3) is 0 Å². The molecule has 1 atom stereocenters. The zero-order valence-electron chi connectivity index (χ0n) is 10.1. The lowest BCUT2D eigenvalue weighted by atomic mass is 10.4. The van der Waals surface area contributed by atoms with Crippen LogP contribution in [0.3, 0.4) is 0 Å². The Bertz CT molecular complexity index is 38.3. The molecule has 78 valence electrons. The molecule has 1 nitrogen and oxygen atoms in total. The Kier molecular flexibility index (Phi) is 33.5. The number of unbranched alkanes of at least 4 members (excludes halogenated alkanes) is 1. The fourth-order valence-electron chi connectivity index (χ4n) is 0.0962. The average Bonchev–Trinajstić information content (AvgIpc) is 2.95. The zero-order chi connectivity index (χ0) is 10.4. The molecule has 0 aromatic carbocycles. The van der Waals surface area contributed by atoms with Crippen molar-refractivity contribution in [3.63, 3.8) is 0 Å². The van der Waals surface area contributed by atoms with E-state index in [1.807, 2.05) is 27.7 Å². The Balaban J connectivity index is -0.0000000967. The molecule has 0 amide bonds. The van der Waals surface area contributed by atoms with Gasteiger partial charge in [-0.05, 0) is 6.92 Å². The quantitative estimate of drug-likeness (QED) is 0.544. The van der Waals surface area contributed by atoms with Crippen molar-refractivity contribution in [2.75, 3.05) is 6.61 Å². The molecule has 0 bridgehead atoms. The van der Waals surface area contributed by atoms with Gasteiger partial charge in [-0.2, -0.15) is 0 Å². The van der Waals surface area contributed by atoms with Crippen LogP contribution in [0.1, 0.15) is 61.3 Å². The van der Waals surface area contributed by atoms with Gasteiger partial charge in [0.1, 0.15) is 0 Å². The first-order valence-electron chi connectivity index (χ1n) is 5.42. The van der Waals surface area contributed by atoms with E-state index in [-0.39, 0.29) is 0 Å². The van der Waals surface area contributed by atoms with Gasteiger partial charge in [-0.3, -0.25) is 0 Å². The molecule has 0 radical (unpaired) electrons. The highest BCUT2D eigenvalue weighted by atomic mass is 16.6. The molecule has 1 fully saturated rings. The molecule has 0 aromatic heterocycles. The average molecular weight is 176 g/mol. The van der Waals surface area contributed by atoms with Crippen molar-refractivity contribution in [1.29, 1.82) is 0 Å². The molecule has 0 spiro atoms. The summed E-state index contributed by atoms with van der Waals surface area (Å²) in [6, 6.07) is 0. The van der Waals surface area contributed by atoms with Gasteiger partial charge >= 0.3 is 0 Å². The molecular weight excluding hydrogens is 148 g/mol.